The Hall–Kier alpha value is -2.44. The largest absolute Gasteiger partial charge is 0.480 e. The van der Waals surface area contributed by atoms with E-state index in [0.717, 1.165) is 0 Å². The van der Waals surface area contributed by atoms with E-state index in [2.05, 4.69) is 5.32 Å². The third-order valence-corrected chi connectivity index (χ3v) is 2.52. The summed E-state index contributed by atoms with van der Waals surface area (Å²) in [6.07, 6.45) is 0.950. The molecule has 1 rings (SSSR count). The number of carbonyl (C=O) groups is 2. The van der Waals surface area contributed by atoms with Gasteiger partial charge in [0, 0.05) is 17.7 Å². The molecule has 0 fully saturated rings. The Balaban J connectivity index is 2.76. The van der Waals surface area contributed by atoms with Crippen LogP contribution in [-0.2, 0) is 4.79 Å². The first kappa shape index (κ1) is 14.6. The summed E-state index contributed by atoms with van der Waals surface area (Å²) in [4.78, 5) is 32.6. The molecule has 0 aliphatic rings. The SMILES string of the molecule is CCC[C@H](NC(=O)c1ccc([N+](=O)[O-])cc1)C(=O)O. The molecule has 0 aromatic heterocycles. The molecule has 0 bridgehead atoms. The highest BCUT2D eigenvalue weighted by Crippen LogP contribution is 2.12. The van der Waals surface area contributed by atoms with E-state index in [4.69, 9.17) is 5.11 Å². The maximum absolute atomic E-state index is 11.8. The minimum Gasteiger partial charge on any atom is -0.480 e. The van der Waals surface area contributed by atoms with Crippen LogP contribution in [0.2, 0.25) is 0 Å². The summed E-state index contributed by atoms with van der Waals surface area (Å²) < 4.78 is 0. The van der Waals surface area contributed by atoms with Gasteiger partial charge in [-0.25, -0.2) is 4.79 Å². The number of nitrogens with zero attached hydrogens (tertiary/aromatic N) is 1. The lowest BCUT2D eigenvalue weighted by molar-refractivity contribution is -0.384. The second-order valence-electron chi connectivity index (χ2n) is 3.96. The number of amides is 1. The predicted molar refractivity (Wildman–Crippen MR) is 66.9 cm³/mol. The summed E-state index contributed by atoms with van der Waals surface area (Å²) in [6, 6.07) is 4.03. The molecule has 0 saturated carbocycles. The van der Waals surface area contributed by atoms with E-state index in [1.54, 1.807) is 0 Å². The zero-order valence-corrected chi connectivity index (χ0v) is 10.3. The van der Waals surface area contributed by atoms with Crippen LogP contribution in [0.3, 0.4) is 0 Å². The van der Waals surface area contributed by atoms with E-state index in [1.165, 1.54) is 24.3 Å². The number of nitrogens with one attached hydrogen (secondary N) is 1. The molecule has 2 N–H and O–H groups in total. The van der Waals surface area contributed by atoms with E-state index >= 15 is 0 Å². The van der Waals surface area contributed by atoms with Gasteiger partial charge in [0.1, 0.15) is 6.04 Å². The van der Waals surface area contributed by atoms with Gasteiger partial charge in [0.15, 0.2) is 0 Å². The Bertz CT molecular complexity index is 483. The highest BCUT2D eigenvalue weighted by Gasteiger charge is 2.19. The number of carboxylic acid groups (broad SMARTS) is 1. The Labute approximate surface area is 109 Å². The maximum Gasteiger partial charge on any atom is 0.326 e. The highest BCUT2D eigenvalue weighted by molar-refractivity contribution is 5.96. The van der Waals surface area contributed by atoms with Crippen LogP contribution in [0.1, 0.15) is 30.1 Å². The fourth-order valence-electron chi connectivity index (χ4n) is 1.52. The van der Waals surface area contributed by atoms with Crippen molar-refractivity contribution in [1.29, 1.82) is 0 Å². The molecule has 0 heterocycles. The van der Waals surface area contributed by atoms with Crippen molar-refractivity contribution in [3.63, 3.8) is 0 Å². The van der Waals surface area contributed by atoms with Gasteiger partial charge in [-0.05, 0) is 18.6 Å². The molecule has 1 atom stereocenters. The molecule has 0 unspecified atom stereocenters. The van der Waals surface area contributed by atoms with Crippen molar-refractivity contribution in [1.82, 2.24) is 5.32 Å². The molecule has 1 amide bonds. The summed E-state index contributed by atoms with van der Waals surface area (Å²) in [7, 11) is 0. The molecule has 0 aliphatic carbocycles. The van der Waals surface area contributed by atoms with Crippen LogP contribution in [0, 0.1) is 10.1 Å². The average molecular weight is 266 g/mol. The van der Waals surface area contributed by atoms with E-state index in [1.807, 2.05) is 6.92 Å². The summed E-state index contributed by atoms with van der Waals surface area (Å²) in [5.74, 6) is -1.66. The van der Waals surface area contributed by atoms with E-state index in [-0.39, 0.29) is 11.3 Å². The number of carboxylic acids is 1. The summed E-state index contributed by atoms with van der Waals surface area (Å²) in [6.45, 7) is 1.81. The molecule has 0 saturated heterocycles. The van der Waals surface area contributed by atoms with E-state index in [9.17, 15) is 19.7 Å². The summed E-state index contributed by atoms with van der Waals surface area (Å²) in [5, 5.41) is 21.7. The molecule has 0 radical (unpaired) electrons. The van der Waals surface area contributed by atoms with E-state index < -0.39 is 22.8 Å². The monoisotopic (exact) mass is 266 g/mol. The Morgan fingerprint density at radius 2 is 1.95 bits per heavy atom. The van der Waals surface area contributed by atoms with Gasteiger partial charge in [0.05, 0.1) is 4.92 Å². The number of hydrogen-bond donors (Lipinski definition) is 2. The van der Waals surface area contributed by atoms with Gasteiger partial charge in [0.2, 0.25) is 0 Å². The lowest BCUT2D eigenvalue weighted by atomic mass is 10.1. The van der Waals surface area contributed by atoms with Gasteiger partial charge in [-0.1, -0.05) is 13.3 Å². The first-order valence-electron chi connectivity index (χ1n) is 5.73. The van der Waals surface area contributed by atoms with Gasteiger partial charge in [-0.15, -0.1) is 0 Å². The lowest BCUT2D eigenvalue weighted by Gasteiger charge is -2.13. The topological polar surface area (TPSA) is 110 Å². The molecule has 0 spiro atoms. The first-order chi connectivity index (χ1) is 8.95. The number of aliphatic carboxylic acids is 1. The molecular formula is C12H14N2O5. The van der Waals surface area contributed by atoms with Crippen LogP contribution in [0.15, 0.2) is 24.3 Å². The van der Waals surface area contributed by atoms with Gasteiger partial charge in [0.25, 0.3) is 11.6 Å². The molecule has 0 aliphatic heterocycles. The molecule has 102 valence electrons. The van der Waals surface area contributed by atoms with Crippen molar-refractivity contribution >= 4 is 17.6 Å². The Morgan fingerprint density at radius 1 is 1.37 bits per heavy atom. The second-order valence-corrected chi connectivity index (χ2v) is 3.96. The molecule has 1 aromatic rings. The third-order valence-electron chi connectivity index (χ3n) is 2.52. The van der Waals surface area contributed by atoms with Gasteiger partial charge >= 0.3 is 5.97 Å². The fourth-order valence-corrected chi connectivity index (χ4v) is 1.52. The zero-order valence-electron chi connectivity index (χ0n) is 10.3. The molecule has 1 aromatic carbocycles. The smallest absolute Gasteiger partial charge is 0.326 e. The standard InChI is InChI=1S/C12H14N2O5/c1-2-3-10(12(16)17)13-11(15)8-4-6-9(7-5-8)14(18)19/h4-7,10H,2-3H2,1H3,(H,13,15)(H,16,17)/t10-/m0/s1. The average Bonchev–Trinajstić information content (AvgIpc) is 2.38. The summed E-state index contributed by atoms with van der Waals surface area (Å²) >= 11 is 0. The predicted octanol–water partition coefficient (Wildman–Crippen LogP) is 1.58. The molecule has 19 heavy (non-hydrogen) atoms. The van der Waals surface area contributed by atoms with Crippen molar-refractivity contribution in [2.45, 2.75) is 25.8 Å². The number of carbonyl (C=O) groups excluding carboxylic acids is 1. The molecule has 7 heteroatoms. The minimum atomic E-state index is -1.10. The van der Waals surface area contributed by atoms with Crippen LogP contribution < -0.4 is 5.32 Å². The Morgan fingerprint density at radius 3 is 2.37 bits per heavy atom. The van der Waals surface area contributed by atoms with Crippen molar-refractivity contribution in [3.8, 4) is 0 Å². The number of nitro groups is 1. The number of non-ortho nitro benzene ring substituents is 1. The summed E-state index contributed by atoms with van der Waals surface area (Å²) in [5.41, 5.74) is 0.0628. The quantitative estimate of drug-likeness (QED) is 0.600. The number of rotatable bonds is 6. The molecular weight excluding hydrogens is 252 g/mol. The van der Waals surface area contributed by atoms with Gasteiger partial charge < -0.3 is 10.4 Å². The van der Waals surface area contributed by atoms with Crippen molar-refractivity contribution in [2.24, 2.45) is 0 Å². The normalized spacial score (nSPS) is 11.6. The minimum absolute atomic E-state index is 0.125. The van der Waals surface area contributed by atoms with E-state index in [0.29, 0.717) is 12.8 Å². The van der Waals surface area contributed by atoms with Crippen molar-refractivity contribution in [3.05, 3.63) is 39.9 Å². The van der Waals surface area contributed by atoms with Gasteiger partial charge in [-0.3, -0.25) is 14.9 Å². The fraction of sp³-hybridized carbons (Fsp3) is 0.333. The van der Waals surface area contributed by atoms with Crippen molar-refractivity contribution < 1.29 is 19.6 Å². The van der Waals surface area contributed by atoms with Crippen LogP contribution in [0.4, 0.5) is 5.69 Å². The van der Waals surface area contributed by atoms with Crippen molar-refractivity contribution in [2.75, 3.05) is 0 Å². The maximum atomic E-state index is 11.8. The highest BCUT2D eigenvalue weighted by atomic mass is 16.6. The Kier molecular flexibility index (Phi) is 4.99. The van der Waals surface area contributed by atoms with Gasteiger partial charge in [-0.2, -0.15) is 0 Å². The molecule has 7 nitrogen and oxygen atoms in total. The number of hydrogen-bond acceptors (Lipinski definition) is 4. The number of benzene rings is 1. The van der Waals surface area contributed by atoms with Crippen LogP contribution >= 0.6 is 0 Å². The van der Waals surface area contributed by atoms with Crippen LogP contribution in [0.25, 0.3) is 0 Å². The second kappa shape index (κ2) is 6.48. The third kappa shape index (κ3) is 4.06. The first-order valence-corrected chi connectivity index (χ1v) is 5.73. The van der Waals surface area contributed by atoms with Crippen LogP contribution in [-0.4, -0.2) is 27.9 Å². The zero-order chi connectivity index (χ0) is 14.4. The van der Waals surface area contributed by atoms with Crippen LogP contribution in [0.5, 0.6) is 0 Å². The lowest BCUT2D eigenvalue weighted by Crippen LogP contribution is -2.40. The number of nitro benzene ring substituents is 1.